The fourth-order valence-corrected chi connectivity index (χ4v) is 2.87. The van der Waals surface area contributed by atoms with Gasteiger partial charge < -0.3 is 15.7 Å². The van der Waals surface area contributed by atoms with Crippen LogP contribution in [0.5, 0.6) is 0 Å². The van der Waals surface area contributed by atoms with E-state index in [-0.39, 0.29) is 36.1 Å². The molecule has 7 nitrogen and oxygen atoms in total. The summed E-state index contributed by atoms with van der Waals surface area (Å²) in [6, 6.07) is 4.79. The van der Waals surface area contributed by atoms with Crippen molar-refractivity contribution in [1.82, 2.24) is 25.2 Å². The van der Waals surface area contributed by atoms with Crippen molar-refractivity contribution < 1.29 is 9.90 Å². The van der Waals surface area contributed by atoms with E-state index in [1.165, 1.54) is 0 Å². The molecule has 0 aliphatic carbocycles. The summed E-state index contributed by atoms with van der Waals surface area (Å²) in [5.74, 6) is 0.825. The van der Waals surface area contributed by atoms with Crippen molar-refractivity contribution in [1.29, 1.82) is 0 Å². The quantitative estimate of drug-likeness (QED) is 0.749. The van der Waals surface area contributed by atoms with Crippen LogP contribution in [0, 0.1) is 11.3 Å². The third-order valence-corrected chi connectivity index (χ3v) is 3.99. The SMILES string of the molecule is CC(C)C(NC(=O)NC(CO)CC(C)(C)C)c1nnc2ccccn12. The molecule has 2 unspecified atom stereocenters. The van der Waals surface area contributed by atoms with Gasteiger partial charge in [-0.1, -0.05) is 40.7 Å². The highest BCUT2D eigenvalue weighted by atomic mass is 16.3. The normalized spacial score (nSPS) is 14.5. The summed E-state index contributed by atoms with van der Waals surface area (Å²) in [6.45, 7) is 10.2. The predicted octanol–water partition coefficient (Wildman–Crippen LogP) is 2.52. The smallest absolute Gasteiger partial charge is 0.315 e. The molecule has 0 aliphatic rings. The lowest BCUT2D eigenvalue weighted by Gasteiger charge is -2.27. The topological polar surface area (TPSA) is 91.5 Å². The van der Waals surface area contributed by atoms with Gasteiger partial charge in [-0.2, -0.15) is 0 Å². The van der Waals surface area contributed by atoms with Crippen LogP contribution in [0.25, 0.3) is 5.65 Å². The minimum Gasteiger partial charge on any atom is -0.394 e. The second-order valence-corrected chi connectivity index (χ2v) is 7.97. The van der Waals surface area contributed by atoms with Crippen LogP contribution in [0.3, 0.4) is 0 Å². The Morgan fingerprint density at radius 3 is 2.56 bits per heavy atom. The Bertz CT molecular complexity index is 705. The number of carbonyl (C=O) groups is 1. The van der Waals surface area contributed by atoms with E-state index in [0.717, 1.165) is 5.65 Å². The number of fused-ring (bicyclic) bond motifs is 1. The highest BCUT2D eigenvalue weighted by Gasteiger charge is 2.25. The monoisotopic (exact) mass is 347 g/mol. The summed E-state index contributed by atoms with van der Waals surface area (Å²) in [4.78, 5) is 12.5. The molecule has 138 valence electrons. The molecule has 3 N–H and O–H groups in total. The molecule has 2 aromatic heterocycles. The standard InChI is InChI=1S/C18H29N5O2/c1-12(2)15(16-22-21-14-8-6-7-9-23(14)16)20-17(25)19-13(11-24)10-18(3,4)5/h6-9,12-13,15,24H,10-11H2,1-5H3,(H2,19,20,25). The number of rotatable bonds is 6. The first kappa shape index (κ1) is 19.2. The number of aliphatic hydroxyl groups excluding tert-OH is 1. The van der Waals surface area contributed by atoms with Crippen molar-refractivity contribution in [2.45, 2.75) is 53.1 Å². The lowest BCUT2D eigenvalue weighted by atomic mass is 9.88. The van der Waals surface area contributed by atoms with Gasteiger partial charge in [-0.25, -0.2) is 4.79 Å². The zero-order valence-corrected chi connectivity index (χ0v) is 15.7. The Labute approximate surface area is 148 Å². The second kappa shape index (κ2) is 7.82. The first-order valence-corrected chi connectivity index (χ1v) is 8.69. The van der Waals surface area contributed by atoms with Gasteiger partial charge in [-0.15, -0.1) is 10.2 Å². The van der Waals surface area contributed by atoms with Gasteiger partial charge in [0.25, 0.3) is 0 Å². The zero-order chi connectivity index (χ0) is 18.6. The molecule has 2 atom stereocenters. The zero-order valence-electron chi connectivity index (χ0n) is 15.7. The predicted molar refractivity (Wildman–Crippen MR) is 97.2 cm³/mol. The number of aromatic nitrogens is 3. The van der Waals surface area contributed by atoms with E-state index in [4.69, 9.17) is 0 Å². The van der Waals surface area contributed by atoms with Crippen LogP contribution in [0.15, 0.2) is 24.4 Å². The third-order valence-electron chi connectivity index (χ3n) is 3.99. The molecule has 0 aromatic carbocycles. The Hall–Kier alpha value is -2.15. The van der Waals surface area contributed by atoms with Gasteiger partial charge in [0.2, 0.25) is 0 Å². The Balaban J connectivity index is 2.12. The molecular formula is C18H29N5O2. The minimum atomic E-state index is -0.310. The first-order valence-electron chi connectivity index (χ1n) is 8.69. The van der Waals surface area contributed by atoms with Crippen LogP contribution in [0.4, 0.5) is 4.79 Å². The number of hydrogen-bond donors (Lipinski definition) is 3. The largest absolute Gasteiger partial charge is 0.394 e. The molecule has 0 aliphatic heterocycles. The first-order chi connectivity index (χ1) is 11.7. The number of aliphatic hydroxyl groups is 1. The van der Waals surface area contributed by atoms with Crippen molar-refractivity contribution >= 4 is 11.7 Å². The van der Waals surface area contributed by atoms with E-state index in [1.807, 2.05) is 42.6 Å². The molecule has 25 heavy (non-hydrogen) atoms. The molecule has 2 heterocycles. The van der Waals surface area contributed by atoms with E-state index >= 15 is 0 Å². The molecule has 7 heteroatoms. The summed E-state index contributed by atoms with van der Waals surface area (Å²) in [5, 5.41) is 23.8. The lowest BCUT2D eigenvalue weighted by molar-refractivity contribution is 0.187. The Morgan fingerprint density at radius 1 is 1.24 bits per heavy atom. The van der Waals surface area contributed by atoms with Crippen LogP contribution in [0.2, 0.25) is 0 Å². The molecule has 0 bridgehead atoms. The van der Waals surface area contributed by atoms with Gasteiger partial charge in [0.15, 0.2) is 11.5 Å². The number of nitrogens with zero attached hydrogens (tertiary/aromatic N) is 3. The third kappa shape index (κ3) is 5.16. The summed E-state index contributed by atoms with van der Waals surface area (Å²) in [5.41, 5.74) is 0.757. The maximum absolute atomic E-state index is 12.5. The molecule has 2 amide bonds. The number of hydrogen-bond acceptors (Lipinski definition) is 4. The number of urea groups is 1. The average molecular weight is 347 g/mol. The second-order valence-electron chi connectivity index (χ2n) is 7.97. The fourth-order valence-electron chi connectivity index (χ4n) is 2.87. The van der Waals surface area contributed by atoms with Gasteiger partial charge in [-0.3, -0.25) is 4.40 Å². The molecule has 0 radical (unpaired) electrons. The molecule has 0 saturated heterocycles. The van der Waals surface area contributed by atoms with Crippen LogP contribution in [-0.2, 0) is 0 Å². The van der Waals surface area contributed by atoms with Gasteiger partial charge >= 0.3 is 6.03 Å². The van der Waals surface area contributed by atoms with Crippen LogP contribution in [0.1, 0.15) is 52.9 Å². The summed E-state index contributed by atoms with van der Waals surface area (Å²) in [6.07, 6.45) is 2.58. The van der Waals surface area contributed by atoms with Gasteiger partial charge in [0, 0.05) is 6.20 Å². The van der Waals surface area contributed by atoms with Crippen molar-refractivity contribution in [3.63, 3.8) is 0 Å². The highest BCUT2D eigenvalue weighted by Crippen LogP contribution is 2.22. The van der Waals surface area contributed by atoms with Crippen LogP contribution in [-0.4, -0.2) is 38.4 Å². The van der Waals surface area contributed by atoms with Crippen molar-refractivity contribution in [2.75, 3.05) is 6.61 Å². The lowest BCUT2D eigenvalue weighted by Crippen LogP contribution is -2.47. The summed E-state index contributed by atoms with van der Waals surface area (Å²) < 4.78 is 1.88. The van der Waals surface area contributed by atoms with Gasteiger partial charge in [0.05, 0.1) is 18.7 Å². The fraction of sp³-hybridized carbons (Fsp3) is 0.611. The van der Waals surface area contributed by atoms with Crippen molar-refractivity contribution in [3.8, 4) is 0 Å². The average Bonchev–Trinajstić information content (AvgIpc) is 2.94. The molecule has 0 spiro atoms. The Morgan fingerprint density at radius 2 is 1.96 bits per heavy atom. The van der Waals surface area contributed by atoms with Crippen LogP contribution >= 0.6 is 0 Å². The number of pyridine rings is 1. The highest BCUT2D eigenvalue weighted by molar-refractivity contribution is 5.74. The van der Waals surface area contributed by atoms with Crippen LogP contribution < -0.4 is 10.6 Å². The number of amides is 2. The molecule has 0 fully saturated rings. The molecule has 0 saturated carbocycles. The maximum atomic E-state index is 12.5. The van der Waals surface area contributed by atoms with Crippen molar-refractivity contribution in [2.24, 2.45) is 11.3 Å². The maximum Gasteiger partial charge on any atom is 0.315 e. The van der Waals surface area contributed by atoms with Crippen molar-refractivity contribution in [3.05, 3.63) is 30.2 Å². The summed E-state index contributed by atoms with van der Waals surface area (Å²) >= 11 is 0. The van der Waals surface area contributed by atoms with E-state index < -0.39 is 0 Å². The van der Waals surface area contributed by atoms with E-state index in [9.17, 15) is 9.90 Å². The number of nitrogens with one attached hydrogen (secondary N) is 2. The molecule has 2 rings (SSSR count). The number of carbonyl (C=O) groups excluding carboxylic acids is 1. The summed E-state index contributed by atoms with van der Waals surface area (Å²) in [7, 11) is 0. The van der Waals surface area contributed by atoms with E-state index in [0.29, 0.717) is 12.2 Å². The van der Waals surface area contributed by atoms with E-state index in [1.54, 1.807) is 0 Å². The Kier molecular flexibility index (Phi) is 6.00. The van der Waals surface area contributed by atoms with E-state index in [2.05, 4.69) is 41.6 Å². The molecular weight excluding hydrogens is 318 g/mol. The van der Waals surface area contributed by atoms with Gasteiger partial charge in [-0.05, 0) is 29.9 Å². The molecule has 2 aromatic rings. The minimum absolute atomic E-state index is 0.0152. The van der Waals surface area contributed by atoms with Gasteiger partial charge in [0.1, 0.15) is 0 Å².